The van der Waals surface area contributed by atoms with Crippen LogP contribution in [-0.4, -0.2) is 17.1 Å². The molecule has 0 aliphatic heterocycles. The van der Waals surface area contributed by atoms with Gasteiger partial charge >= 0.3 is 0 Å². The van der Waals surface area contributed by atoms with Crippen molar-refractivity contribution >= 4 is 0 Å². The number of rotatable bonds is 2. The molecular weight excluding hydrogens is 176 g/mol. The Morgan fingerprint density at radius 2 is 1.93 bits per heavy atom. The van der Waals surface area contributed by atoms with Gasteiger partial charge in [-0.05, 0) is 31.2 Å². The first-order chi connectivity index (χ1) is 6.79. The van der Waals surface area contributed by atoms with E-state index >= 15 is 0 Å². The lowest BCUT2D eigenvalue weighted by atomic mass is 10.2. The number of nitrogens with zero attached hydrogens (tertiary/aromatic N) is 1. The summed E-state index contributed by atoms with van der Waals surface area (Å²) in [6.07, 6.45) is 1.90. The van der Waals surface area contributed by atoms with Gasteiger partial charge in [0.15, 0.2) is 0 Å². The summed E-state index contributed by atoms with van der Waals surface area (Å²) < 4.78 is 5.08. The van der Waals surface area contributed by atoms with Gasteiger partial charge in [-0.3, -0.25) is 0 Å². The fourth-order valence-electron chi connectivity index (χ4n) is 1.33. The molecule has 72 valence electrons. The van der Waals surface area contributed by atoms with Crippen molar-refractivity contribution in [1.29, 1.82) is 0 Å². The largest absolute Gasteiger partial charge is 0.497 e. The van der Waals surface area contributed by atoms with Gasteiger partial charge in [0, 0.05) is 11.8 Å². The molecule has 0 bridgehead atoms. The van der Waals surface area contributed by atoms with E-state index in [1.807, 2.05) is 37.4 Å². The summed E-state index contributed by atoms with van der Waals surface area (Å²) in [6, 6.07) is 7.85. The van der Waals surface area contributed by atoms with Crippen LogP contribution in [0.15, 0.2) is 30.5 Å². The number of methoxy groups -OCH3 is 1. The number of imidazole rings is 1. The molecule has 14 heavy (non-hydrogen) atoms. The van der Waals surface area contributed by atoms with Gasteiger partial charge < -0.3 is 9.72 Å². The van der Waals surface area contributed by atoms with Gasteiger partial charge in [0.25, 0.3) is 0 Å². The standard InChI is InChI=1S/C11H12N2O/c1-8-12-7-11(13-8)9-3-5-10(14-2)6-4-9/h3-7H,1-2H3,(H,12,13). The number of hydrogen-bond donors (Lipinski definition) is 1. The lowest BCUT2D eigenvalue weighted by Gasteiger charge is -1.99. The van der Waals surface area contributed by atoms with Crippen molar-refractivity contribution in [2.24, 2.45) is 0 Å². The molecule has 3 heteroatoms. The Labute approximate surface area is 82.8 Å². The molecule has 1 heterocycles. The number of H-pyrrole nitrogens is 1. The van der Waals surface area contributed by atoms with Crippen LogP contribution in [0, 0.1) is 6.92 Å². The summed E-state index contributed by atoms with van der Waals surface area (Å²) in [6.45, 7) is 1.94. The fraction of sp³-hybridized carbons (Fsp3) is 0.182. The first-order valence-electron chi connectivity index (χ1n) is 4.46. The van der Waals surface area contributed by atoms with Crippen LogP contribution in [0.5, 0.6) is 5.75 Å². The van der Waals surface area contributed by atoms with E-state index in [1.165, 1.54) is 0 Å². The number of benzene rings is 1. The van der Waals surface area contributed by atoms with Gasteiger partial charge in [0.1, 0.15) is 11.6 Å². The number of ether oxygens (including phenoxy) is 1. The Morgan fingerprint density at radius 1 is 1.21 bits per heavy atom. The monoisotopic (exact) mass is 188 g/mol. The van der Waals surface area contributed by atoms with E-state index in [-0.39, 0.29) is 0 Å². The highest BCUT2D eigenvalue weighted by Gasteiger charge is 2.00. The highest BCUT2D eigenvalue weighted by atomic mass is 16.5. The number of nitrogens with one attached hydrogen (secondary N) is 1. The first-order valence-corrected chi connectivity index (χ1v) is 4.46. The molecule has 1 N–H and O–H groups in total. The minimum Gasteiger partial charge on any atom is -0.497 e. The molecular formula is C11H12N2O. The molecule has 0 aliphatic carbocycles. The van der Waals surface area contributed by atoms with Crippen molar-refractivity contribution in [2.45, 2.75) is 6.92 Å². The van der Waals surface area contributed by atoms with Crippen LogP contribution in [0.4, 0.5) is 0 Å². The zero-order valence-corrected chi connectivity index (χ0v) is 8.24. The number of hydrogen-bond acceptors (Lipinski definition) is 2. The second kappa shape index (κ2) is 3.54. The number of aromatic nitrogens is 2. The van der Waals surface area contributed by atoms with Crippen LogP contribution in [0.3, 0.4) is 0 Å². The van der Waals surface area contributed by atoms with Crippen molar-refractivity contribution in [3.05, 3.63) is 36.3 Å². The summed E-state index contributed by atoms with van der Waals surface area (Å²) in [5.41, 5.74) is 2.06. The first kappa shape index (κ1) is 8.81. The van der Waals surface area contributed by atoms with Crippen LogP contribution in [0.2, 0.25) is 0 Å². The maximum absolute atomic E-state index is 5.08. The predicted molar refractivity (Wildman–Crippen MR) is 55.3 cm³/mol. The smallest absolute Gasteiger partial charge is 0.118 e. The molecule has 0 unspecified atom stereocenters. The van der Waals surface area contributed by atoms with E-state index in [9.17, 15) is 0 Å². The summed E-state index contributed by atoms with van der Waals surface area (Å²) in [4.78, 5) is 7.39. The van der Waals surface area contributed by atoms with Gasteiger partial charge in [-0.1, -0.05) is 0 Å². The van der Waals surface area contributed by atoms with Crippen LogP contribution < -0.4 is 4.74 Å². The second-order valence-electron chi connectivity index (χ2n) is 3.10. The van der Waals surface area contributed by atoms with E-state index in [4.69, 9.17) is 4.74 Å². The van der Waals surface area contributed by atoms with E-state index in [1.54, 1.807) is 7.11 Å². The third-order valence-corrected chi connectivity index (χ3v) is 2.09. The van der Waals surface area contributed by atoms with Crippen molar-refractivity contribution in [1.82, 2.24) is 9.97 Å². The van der Waals surface area contributed by atoms with E-state index in [0.29, 0.717) is 0 Å². The van der Waals surface area contributed by atoms with Gasteiger partial charge in [-0.25, -0.2) is 4.98 Å². The lowest BCUT2D eigenvalue weighted by Crippen LogP contribution is -1.82. The Bertz CT molecular complexity index is 417. The third-order valence-electron chi connectivity index (χ3n) is 2.09. The van der Waals surface area contributed by atoms with Gasteiger partial charge in [0.05, 0.1) is 12.8 Å². The third kappa shape index (κ3) is 1.62. The second-order valence-corrected chi connectivity index (χ2v) is 3.10. The molecule has 0 aliphatic rings. The minimum absolute atomic E-state index is 0.862. The molecule has 3 nitrogen and oxygen atoms in total. The van der Waals surface area contributed by atoms with Crippen LogP contribution in [0.1, 0.15) is 5.82 Å². The molecule has 0 saturated carbocycles. The molecule has 0 fully saturated rings. The zero-order chi connectivity index (χ0) is 9.97. The Kier molecular flexibility index (Phi) is 2.23. The topological polar surface area (TPSA) is 37.9 Å². The average molecular weight is 188 g/mol. The van der Waals surface area contributed by atoms with Crippen molar-refractivity contribution in [2.75, 3.05) is 7.11 Å². The highest BCUT2D eigenvalue weighted by Crippen LogP contribution is 2.20. The lowest BCUT2D eigenvalue weighted by molar-refractivity contribution is 0.415. The quantitative estimate of drug-likeness (QED) is 0.785. The van der Waals surface area contributed by atoms with Gasteiger partial charge in [0.2, 0.25) is 0 Å². The number of aryl methyl sites for hydroxylation is 1. The molecule has 2 aromatic rings. The normalized spacial score (nSPS) is 10.1. The summed E-state index contributed by atoms with van der Waals surface area (Å²) in [7, 11) is 1.66. The van der Waals surface area contributed by atoms with Crippen molar-refractivity contribution < 1.29 is 4.74 Å². The van der Waals surface area contributed by atoms with E-state index in [2.05, 4.69) is 9.97 Å². The molecule has 0 radical (unpaired) electrons. The summed E-state index contributed by atoms with van der Waals surface area (Å²) >= 11 is 0. The summed E-state index contributed by atoms with van der Waals surface area (Å²) in [5.74, 6) is 1.79. The van der Waals surface area contributed by atoms with Crippen LogP contribution in [-0.2, 0) is 0 Å². The highest BCUT2D eigenvalue weighted by molar-refractivity contribution is 5.59. The Morgan fingerprint density at radius 3 is 2.43 bits per heavy atom. The molecule has 0 spiro atoms. The molecule has 0 saturated heterocycles. The van der Waals surface area contributed by atoms with E-state index < -0.39 is 0 Å². The Balaban J connectivity index is 2.33. The maximum Gasteiger partial charge on any atom is 0.118 e. The minimum atomic E-state index is 0.862. The number of aromatic amines is 1. The van der Waals surface area contributed by atoms with Crippen molar-refractivity contribution in [3.8, 4) is 17.0 Å². The maximum atomic E-state index is 5.08. The molecule has 1 aromatic heterocycles. The van der Waals surface area contributed by atoms with Crippen LogP contribution >= 0.6 is 0 Å². The zero-order valence-electron chi connectivity index (χ0n) is 8.24. The molecule has 1 aromatic carbocycles. The average Bonchev–Trinajstić information content (AvgIpc) is 2.65. The van der Waals surface area contributed by atoms with Gasteiger partial charge in [-0.2, -0.15) is 0 Å². The van der Waals surface area contributed by atoms with Crippen LogP contribution in [0.25, 0.3) is 11.3 Å². The van der Waals surface area contributed by atoms with E-state index in [0.717, 1.165) is 22.8 Å². The molecule has 0 amide bonds. The fourth-order valence-corrected chi connectivity index (χ4v) is 1.33. The van der Waals surface area contributed by atoms with Gasteiger partial charge in [-0.15, -0.1) is 0 Å². The Hall–Kier alpha value is -1.77. The predicted octanol–water partition coefficient (Wildman–Crippen LogP) is 2.39. The molecule has 2 rings (SSSR count). The summed E-state index contributed by atoms with van der Waals surface area (Å²) in [5, 5.41) is 0. The molecule has 0 atom stereocenters. The van der Waals surface area contributed by atoms with Crippen molar-refractivity contribution in [3.63, 3.8) is 0 Å². The SMILES string of the molecule is COc1ccc(-c2c[nH]c(C)n2)cc1.